The van der Waals surface area contributed by atoms with Crippen LogP contribution >= 0.6 is 0 Å². The van der Waals surface area contributed by atoms with E-state index >= 15 is 0 Å². The lowest BCUT2D eigenvalue weighted by molar-refractivity contribution is -0.138. The second kappa shape index (κ2) is 5.07. The van der Waals surface area contributed by atoms with Crippen molar-refractivity contribution >= 4 is 11.7 Å². The van der Waals surface area contributed by atoms with E-state index < -0.39 is 24.7 Å². The maximum absolute atomic E-state index is 11.9. The molecule has 0 aromatic carbocycles. The highest BCUT2D eigenvalue weighted by molar-refractivity contribution is 5.83. The van der Waals surface area contributed by atoms with Crippen LogP contribution in [0.2, 0.25) is 0 Å². The second-order valence-electron chi connectivity index (χ2n) is 3.57. The first-order valence-electron chi connectivity index (χ1n) is 4.88. The first-order chi connectivity index (χ1) is 7.78. The summed E-state index contributed by atoms with van der Waals surface area (Å²) in [6.07, 6.45) is -2.75. The number of anilines is 1. The lowest BCUT2D eigenvalue weighted by Gasteiger charge is -2.14. The van der Waals surface area contributed by atoms with E-state index in [4.69, 9.17) is 0 Å². The summed E-state index contributed by atoms with van der Waals surface area (Å²) in [7, 11) is 1.69. The van der Waals surface area contributed by atoms with Crippen LogP contribution in [-0.4, -0.2) is 34.5 Å². The van der Waals surface area contributed by atoms with E-state index in [9.17, 15) is 18.0 Å². The average molecular weight is 250 g/mol. The molecular weight excluding hydrogens is 237 g/mol. The molecule has 0 saturated heterocycles. The summed E-state index contributed by atoms with van der Waals surface area (Å²) in [4.78, 5) is 11.3. The predicted octanol–water partition coefficient (Wildman–Crippen LogP) is 0.899. The van der Waals surface area contributed by atoms with Gasteiger partial charge in [0.25, 0.3) is 0 Å². The summed E-state index contributed by atoms with van der Waals surface area (Å²) >= 11 is 0. The Kier molecular flexibility index (Phi) is 3.97. The number of alkyl halides is 3. The van der Waals surface area contributed by atoms with Crippen LogP contribution in [0.3, 0.4) is 0 Å². The van der Waals surface area contributed by atoms with Crippen LogP contribution < -0.4 is 10.6 Å². The average Bonchev–Trinajstić information content (AvgIpc) is 2.59. The van der Waals surface area contributed by atoms with Gasteiger partial charge in [-0.1, -0.05) is 0 Å². The fourth-order valence-corrected chi connectivity index (χ4v) is 1.12. The number of aromatic nitrogens is 2. The van der Waals surface area contributed by atoms with Gasteiger partial charge in [-0.15, -0.1) is 0 Å². The second-order valence-corrected chi connectivity index (χ2v) is 3.57. The molecule has 0 aliphatic carbocycles. The molecule has 1 unspecified atom stereocenters. The van der Waals surface area contributed by atoms with Crippen LogP contribution in [-0.2, 0) is 11.8 Å². The Morgan fingerprint density at radius 1 is 1.59 bits per heavy atom. The van der Waals surface area contributed by atoms with Crippen molar-refractivity contribution in [2.24, 2.45) is 7.05 Å². The van der Waals surface area contributed by atoms with Gasteiger partial charge in [-0.3, -0.25) is 9.48 Å². The van der Waals surface area contributed by atoms with Gasteiger partial charge >= 0.3 is 6.18 Å². The molecule has 1 aromatic heterocycles. The highest BCUT2D eigenvalue weighted by atomic mass is 19.4. The molecule has 8 heteroatoms. The predicted molar refractivity (Wildman–Crippen MR) is 55.4 cm³/mol. The van der Waals surface area contributed by atoms with E-state index in [0.717, 1.165) is 0 Å². The Morgan fingerprint density at radius 3 is 2.71 bits per heavy atom. The molecule has 0 aliphatic rings. The molecule has 2 N–H and O–H groups in total. The third-order valence-electron chi connectivity index (χ3n) is 1.93. The van der Waals surface area contributed by atoms with Crippen molar-refractivity contribution < 1.29 is 18.0 Å². The van der Waals surface area contributed by atoms with Crippen molar-refractivity contribution in [1.82, 2.24) is 15.1 Å². The number of halogens is 3. The largest absolute Gasteiger partial charge is 0.405 e. The van der Waals surface area contributed by atoms with Crippen molar-refractivity contribution in [3.05, 3.63) is 12.3 Å². The van der Waals surface area contributed by atoms with Gasteiger partial charge in [0.15, 0.2) is 0 Å². The molecule has 1 atom stereocenters. The number of hydrogen-bond donors (Lipinski definition) is 2. The standard InChI is InChI=1S/C9H13F3N4O/c1-6(8(17)13-5-9(10,11)12)14-7-3-4-16(2)15-7/h3-4,6H,5H2,1-2H3,(H,13,17)(H,14,15). The third-order valence-corrected chi connectivity index (χ3v) is 1.93. The monoisotopic (exact) mass is 250 g/mol. The minimum atomic E-state index is -4.40. The molecule has 5 nitrogen and oxygen atoms in total. The van der Waals surface area contributed by atoms with Crippen molar-refractivity contribution in [2.75, 3.05) is 11.9 Å². The Morgan fingerprint density at radius 2 is 2.24 bits per heavy atom. The van der Waals surface area contributed by atoms with Crippen molar-refractivity contribution in [2.45, 2.75) is 19.1 Å². The highest BCUT2D eigenvalue weighted by Gasteiger charge is 2.28. The number of nitrogens with one attached hydrogen (secondary N) is 2. The van der Waals surface area contributed by atoms with Gasteiger partial charge < -0.3 is 10.6 Å². The molecule has 0 bridgehead atoms. The Balaban J connectivity index is 2.42. The SMILES string of the molecule is CC(Nc1ccn(C)n1)C(=O)NCC(F)(F)F. The summed E-state index contributed by atoms with van der Waals surface area (Å²) < 4.78 is 37.1. The molecule has 1 heterocycles. The topological polar surface area (TPSA) is 59.0 Å². The number of hydrogen-bond acceptors (Lipinski definition) is 3. The molecule has 0 aliphatic heterocycles. The molecule has 0 spiro atoms. The van der Waals surface area contributed by atoms with Gasteiger partial charge in [0.2, 0.25) is 5.91 Å². The summed E-state index contributed by atoms with van der Waals surface area (Å²) in [5.41, 5.74) is 0. The third kappa shape index (κ3) is 4.75. The first kappa shape index (κ1) is 13.3. The van der Waals surface area contributed by atoms with E-state index in [1.54, 1.807) is 24.6 Å². The number of amides is 1. The van der Waals surface area contributed by atoms with Gasteiger partial charge in [0, 0.05) is 19.3 Å². The summed E-state index contributed by atoms with van der Waals surface area (Å²) in [5, 5.41) is 8.42. The maximum Gasteiger partial charge on any atom is 0.405 e. The van der Waals surface area contributed by atoms with E-state index in [2.05, 4.69) is 10.4 Å². The van der Waals surface area contributed by atoms with E-state index in [1.807, 2.05) is 0 Å². The molecule has 0 radical (unpaired) electrons. The van der Waals surface area contributed by atoms with Crippen LogP contribution in [0.1, 0.15) is 6.92 Å². The number of carbonyl (C=O) groups is 1. The lowest BCUT2D eigenvalue weighted by Crippen LogP contribution is -2.42. The normalized spacial score (nSPS) is 13.2. The van der Waals surface area contributed by atoms with Crippen molar-refractivity contribution in [3.63, 3.8) is 0 Å². The van der Waals surface area contributed by atoms with Gasteiger partial charge in [0.1, 0.15) is 18.4 Å². The molecular formula is C9H13F3N4O. The van der Waals surface area contributed by atoms with Crippen molar-refractivity contribution in [1.29, 1.82) is 0 Å². The lowest BCUT2D eigenvalue weighted by atomic mass is 10.3. The molecule has 1 rings (SSSR count). The summed E-state index contributed by atoms with van der Waals surface area (Å²) in [5.74, 6) is -0.296. The van der Waals surface area contributed by atoms with Crippen LogP contribution in [0.15, 0.2) is 12.3 Å². The van der Waals surface area contributed by atoms with E-state index in [0.29, 0.717) is 5.82 Å². The van der Waals surface area contributed by atoms with E-state index in [1.165, 1.54) is 11.6 Å². The van der Waals surface area contributed by atoms with Gasteiger partial charge in [0.05, 0.1) is 0 Å². The summed E-state index contributed by atoms with van der Waals surface area (Å²) in [6.45, 7) is 0.125. The van der Waals surface area contributed by atoms with E-state index in [-0.39, 0.29) is 0 Å². The van der Waals surface area contributed by atoms with Crippen LogP contribution in [0, 0.1) is 0 Å². The zero-order valence-corrected chi connectivity index (χ0v) is 9.38. The van der Waals surface area contributed by atoms with Crippen LogP contribution in [0.4, 0.5) is 19.0 Å². The molecule has 0 saturated carbocycles. The molecule has 1 aromatic rings. The number of rotatable bonds is 4. The fraction of sp³-hybridized carbons (Fsp3) is 0.556. The number of nitrogens with zero attached hydrogens (tertiary/aromatic N) is 2. The zero-order valence-electron chi connectivity index (χ0n) is 9.38. The molecule has 17 heavy (non-hydrogen) atoms. The van der Waals surface area contributed by atoms with Crippen LogP contribution in [0.25, 0.3) is 0 Å². The summed E-state index contributed by atoms with van der Waals surface area (Å²) in [6, 6.07) is 0.834. The molecule has 96 valence electrons. The van der Waals surface area contributed by atoms with Gasteiger partial charge in [-0.25, -0.2) is 0 Å². The van der Waals surface area contributed by atoms with Crippen molar-refractivity contribution in [3.8, 4) is 0 Å². The Bertz CT molecular complexity index is 388. The van der Waals surface area contributed by atoms with Gasteiger partial charge in [-0.05, 0) is 6.92 Å². The molecule has 0 fully saturated rings. The van der Waals surface area contributed by atoms with Crippen LogP contribution in [0.5, 0.6) is 0 Å². The highest BCUT2D eigenvalue weighted by Crippen LogP contribution is 2.12. The zero-order chi connectivity index (χ0) is 13.1. The maximum atomic E-state index is 11.9. The quantitative estimate of drug-likeness (QED) is 0.834. The Labute approximate surface area is 96.0 Å². The minimum Gasteiger partial charge on any atom is -0.357 e. The fourth-order valence-electron chi connectivity index (χ4n) is 1.12. The molecule has 1 amide bonds. The number of aryl methyl sites for hydroxylation is 1. The van der Waals surface area contributed by atoms with Gasteiger partial charge in [-0.2, -0.15) is 18.3 Å². The minimum absolute atomic E-state index is 0.433. The Hall–Kier alpha value is -1.73. The number of carbonyl (C=O) groups excluding carboxylic acids is 1. The smallest absolute Gasteiger partial charge is 0.357 e. The first-order valence-corrected chi connectivity index (χ1v) is 4.88.